The predicted octanol–water partition coefficient (Wildman–Crippen LogP) is 0.133. The Morgan fingerprint density at radius 1 is 1.19 bits per heavy atom. The SMILES string of the molecule is CCC.CCNC1=C(Nc2nn(C)c(C(=O)N(C)C)c2O)C(=O)NC1=O. The molecule has 0 atom stereocenters. The van der Waals surface area contributed by atoms with E-state index in [2.05, 4.69) is 34.9 Å². The van der Waals surface area contributed by atoms with Crippen LogP contribution in [-0.2, 0) is 16.6 Å². The third kappa shape index (κ3) is 4.32. The van der Waals surface area contributed by atoms with Gasteiger partial charge in [-0.1, -0.05) is 20.3 Å². The molecule has 0 unspecified atom stereocenters. The first kappa shape index (κ1) is 21.0. The topological polar surface area (TPSA) is 129 Å². The number of aryl methyl sites for hydroxylation is 1. The van der Waals surface area contributed by atoms with Gasteiger partial charge in [-0.3, -0.25) is 24.4 Å². The summed E-state index contributed by atoms with van der Waals surface area (Å²) in [5, 5.41) is 21.7. The van der Waals surface area contributed by atoms with Crippen molar-refractivity contribution in [2.45, 2.75) is 27.2 Å². The third-order valence-corrected chi connectivity index (χ3v) is 3.16. The van der Waals surface area contributed by atoms with Crippen LogP contribution in [0.25, 0.3) is 0 Å². The number of rotatable bonds is 5. The van der Waals surface area contributed by atoms with Gasteiger partial charge in [-0.05, 0) is 6.92 Å². The number of anilines is 1. The lowest BCUT2D eigenvalue weighted by Gasteiger charge is -2.10. The first-order valence-electron chi connectivity index (χ1n) is 8.27. The van der Waals surface area contributed by atoms with Crippen molar-refractivity contribution in [2.75, 3.05) is 26.0 Å². The zero-order valence-electron chi connectivity index (χ0n) is 15.9. The number of hydrogen-bond acceptors (Lipinski definition) is 7. The zero-order valence-corrected chi connectivity index (χ0v) is 15.9. The summed E-state index contributed by atoms with van der Waals surface area (Å²) in [6.45, 7) is 6.45. The summed E-state index contributed by atoms with van der Waals surface area (Å²) >= 11 is 0. The van der Waals surface area contributed by atoms with Crippen molar-refractivity contribution in [1.82, 2.24) is 25.3 Å². The molecule has 10 nitrogen and oxygen atoms in total. The number of amides is 3. The fraction of sp³-hybridized carbons (Fsp3) is 0.500. The molecule has 0 bridgehead atoms. The Kier molecular flexibility index (Phi) is 7.17. The van der Waals surface area contributed by atoms with E-state index < -0.39 is 23.5 Å². The highest BCUT2D eigenvalue weighted by Crippen LogP contribution is 2.29. The zero-order chi connectivity index (χ0) is 20.0. The van der Waals surface area contributed by atoms with E-state index in [4.69, 9.17) is 0 Å². The second-order valence-corrected chi connectivity index (χ2v) is 5.76. The maximum Gasteiger partial charge on any atom is 0.277 e. The molecule has 10 heteroatoms. The van der Waals surface area contributed by atoms with E-state index in [1.165, 1.54) is 37.1 Å². The molecule has 0 spiro atoms. The molecule has 0 saturated heterocycles. The molecule has 4 N–H and O–H groups in total. The molecule has 1 aliphatic heterocycles. The van der Waals surface area contributed by atoms with E-state index in [9.17, 15) is 19.5 Å². The highest BCUT2D eigenvalue weighted by molar-refractivity contribution is 6.20. The largest absolute Gasteiger partial charge is 0.503 e. The second kappa shape index (κ2) is 8.88. The van der Waals surface area contributed by atoms with E-state index in [0.717, 1.165) is 0 Å². The Morgan fingerprint density at radius 2 is 1.73 bits per heavy atom. The lowest BCUT2D eigenvalue weighted by molar-refractivity contribution is -0.124. The molecule has 144 valence electrons. The maximum atomic E-state index is 12.0. The molecular weight excluding hydrogens is 340 g/mol. The van der Waals surface area contributed by atoms with Gasteiger partial charge in [0.05, 0.1) is 0 Å². The average Bonchev–Trinajstić information content (AvgIpc) is 2.98. The Labute approximate surface area is 152 Å². The van der Waals surface area contributed by atoms with Crippen LogP contribution in [0.1, 0.15) is 37.7 Å². The molecular formula is C16H26N6O4. The van der Waals surface area contributed by atoms with Crippen LogP contribution in [0.3, 0.4) is 0 Å². The summed E-state index contributed by atoms with van der Waals surface area (Å²) < 4.78 is 1.20. The van der Waals surface area contributed by atoms with E-state index in [0.29, 0.717) is 6.54 Å². The number of likely N-dealkylation sites (N-methyl/N-ethyl adjacent to an activating group) is 1. The van der Waals surface area contributed by atoms with Crippen molar-refractivity contribution < 1.29 is 19.5 Å². The summed E-state index contributed by atoms with van der Waals surface area (Å²) in [5.41, 5.74) is -0.0371. The van der Waals surface area contributed by atoms with Gasteiger partial charge in [-0.15, -0.1) is 0 Å². The van der Waals surface area contributed by atoms with Crippen LogP contribution < -0.4 is 16.0 Å². The van der Waals surface area contributed by atoms with Crippen LogP contribution in [0.4, 0.5) is 5.82 Å². The minimum absolute atomic E-state index is 0.0344. The third-order valence-electron chi connectivity index (χ3n) is 3.16. The maximum absolute atomic E-state index is 12.0. The van der Waals surface area contributed by atoms with E-state index in [-0.39, 0.29) is 22.9 Å². The van der Waals surface area contributed by atoms with Gasteiger partial charge in [0, 0.05) is 27.7 Å². The number of carbonyl (C=O) groups excluding carboxylic acids is 3. The molecule has 1 aromatic rings. The summed E-state index contributed by atoms with van der Waals surface area (Å²) in [7, 11) is 4.56. The first-order valence-corrected chi connectivity index (χ1v) is 8.27. The number of nitrogens with one attached hydrogen (secondary N) is 3. The quantitative estimate of drug-likeness (QED) is 0.545. The Balaban J connectivity index is 0.00000105. The van der Waals surface area contributed by atoms with Gasteiger partial charge in [0.15, 0.2) is 17.3 Å². The number of aromatic hydroxyl groups is 1. The van der Waals surface area contributed by atoms with Crippen molar-refractivity contribution >= 4 is 23.5 Å². The minimum atomic E-state index is -0.642. The molecule has 1 aromatic heterocycles. The molecule has 2 rings (SSSR count). The van der Waals surface area contributed by atoms with Crippen LogP contribution >= 0.6 is 0 Å². The molecule has 0 aromatic carbocycles. The molecule has 0 aliphatic carbocycles. The van der Waals surface area contributed by atoms with Crippen molar-refractivity contribution in [1.29, 1.82) is 0 Å². The normalized spacial score (nSPS) is 13.2. The Hall–Kier alpha value is -3.04. The number of imide groups is 1. The molecule has 2 heterocycles. The monoisotopic (exact) mass is 366 g/mol. The van der Waals surface area contributed by atoms with Crippen LogP contribution in [0.5, 0.6) is 5.75 Å². The predicted molar refractivity (Wildman–Crippen MR) is 96.3 cm³/mol. The van der Waals surface area contributed by atoms with Gasteiger partial charge < -0.3 is 20.6 Å². The van der Waals surface area contributed by atoms with E-state index in [1.54, 1.807) is 6.92 Å². The van der Waals surface area contributed by atoms with Gasteiger partial charge in [0.1, 0.15) is 11.4 Å². The number of carbonyl (C=O) groups is 3. The van der Waals surface area contributed by atoms with E-state index >= 15 is 0 Å². The average molecular weight is 366 g/mol. The number of nitrogens with zero attached hydrogens (tertiary/aromatic N) is 3. The number of hydrogen-bond donors (Lipinski definition) is 4. The fourth-order valence-corrected chi connectivity index (χ4v) is 2.09. The lowest BCUT2D eigenvalue weighted by atomic mass is 10.3. The Morgan fingerprint density at radius 3 is 2.23 bits per heavy atom. The molecule has 0 radical (unpaired) electrons. The van der Waals surface area contributed by atoms with Gasteiger partial charge in [-0.2, -0.15) is 5.10 Å². The second-order valence-electron chi connectivity index (χ2n) is 5.76. The fourth-order valence-electron chi connectivity index (χ4n) is 2.09. The van der Waals surface area contributed by atoms with Crippen LogP contribution in [-0.4, -0.2) is 58.1 Å². The molecule has 26 heavy (non-hydrogen) atoms. The highest BCUT2D eigenvalue weighted by Gasteiger charge is 2.32. The van der Waals surface area contributed by atoms with Crippen LogP contribution in [0.2, 0.25) is 0 Å². The molecule has 0 saturated carbocycles. The van der Waals surface area contributed by atoms with Gasteiger partial charge in [0.25, 0.3) is 17.7 Å². The lowest BCUT2D eigenvalue weighted by Crippen LogP contribution is -2.27. The van der Waals surface area contributed by atoms with Crippen molar-refractivity contribution in [2.24, 2.45) is 7.05 Å². The van der Waals surface area contributed by atoms with Crippen molar-refractivity contribution in [3.05, 3.63) is 17.1 Å². The molecule has 3 amide bonds. The summed E-state index contributed by atoms with van der Waals surface area (Å²) in [5.74, 6) is -2.15. The Bertz CT molecular complexity index is 735. The smallest absolute Gasteiger partial charge is 0.277 e. The molecule has 1 aliphatic rings. The van der Waals surface area contributed by atoms with Crippen LogP contribution in [0, 0.1) is 0 Å². The van der Waals surface area contributed by atoms with Crippen molar-refractivity contribution in [3.63, 3.8) is 0 Å². The van der Waals surface area contributed by atoms with Gasteiger partial charge >= 0.3 is 0 Å². The van der Waals surface area contributed by atoms with E-state index in [1.807, 2.05) is 0 Å². The summed E-state index contributed by atoms with van der Waals surface area (Å²) in [6, 6.07) is 0. The molecule has 0 fully saturated rings. The summed E-state index contributed by atoms with van der Waals surface area (Å²) in [4.78, 5) is 36.9. The standard InChI is InChI=1S/C13H18N6O4.C3H8/c1-5-14-6-7(12(22)16-11(6)21)15-10-9(20)8(19(4)17-10)13(23)18(2)3;1-3-2/h20H,5H2,1-4H3,(H3,14,15,16,17,21,22);3H2,1-2H3. The van der Waals surface area contributed by atoms with Gasteiger partial charge in [-0.25, -0.2) is 0 Å². The highest BCUT2D eigenvalue weighted by atomic mass is 16.3. The summed E-state index contributed by atoms with van der Waals surface area (Å²) in [6.07, 6.45) is 1.25. The first-order chi connectivity index (χ1) is 12.2. The number of aromatic nitrogens is 2. The van der Waals surface area contributed by atoms with Gasteiger partial charge in [0.2, 0.25) is 0 Å². The van der Waals surface area contributed by atoms with Crippen molar-refractivity contribution in [3.8, 4) is 5.75 Å². The minimum Gasteiger partial charge on any atom is -0.503 e. The van der Waals surface area contributed by atoms with Crippen LogP contribution in [0.15, 0.2) is 11.4 Å².